The molecule has 5 nitrogen and oxygen atoms in total. The molecular weight excluding hydrogens is 422 g/mol. The summed E-state index contributed by atoms with van der Waals surface area (Å²) in [6, 6.07) is 12.2. The van der Waals surface area contributed by atoms with Gasteiger partial charge in [-0.05, 0) is 53.9 Å². The fourth-order valence-corrected chi connectivity index (χ4v) is 3.93. The largest absolute Gasteiger partial charge is 0.480 e. The average Bonchev–Trinajstić information content (AvgIpc) is 2.83. The van der Waals surface area contributed by atoms with Crippen LogP contribution in [0.15, 0.2) is 48.8 Å². The third kappa shape index (κ3) is 5.75. The summed E-state index contributed by atoms with van der Waals surface area (Å²) in [5, 5.41) is 12.8. The Morgan fingerprint density at radius 3 is 2.24 bits per heavy atom. The summed E-state index contributed by atoms with van der Waals surface area (Å²) in [6.07, 6.45) is 6.35. The highest BCUT2D eigenvalue weighted by atomic mass is 16.5. The lowest BCUT2D eigenvalue weighted by atomic mass is 9.76. The van der Waals surface area contributed by atoms with Crippen molar-refractivity contribution in [3.63, 3.8) is 0 Å². The van der Waals surface area contributed by atoms with Crippen LogP contribution in [0.25, 0.3) is 10.8 Å². The molecule has 0 fully saturated rings. The maximum Gasteiger partial charge on any atom is 0.265 e. The number of ether oxygens (including phenoxy) is 1. The van der Waals surface area contributed by atoms with E-state index in [2.05, 4.69) is 82.2 Å². The first-order valence-corrected chi connectivity index (χ1v) is 12.4. The predicted molar refractivity (Wildman–Crippen MR) is 141 cm³/mol. The average molecular weight is 462 g/mol. The van der Waals surface area contributed by atoms with Gasteiger partial charge in [-0.2, -0.15) is 10.2 Å². The molecule has 182 valence electrons. The topological polar surface area (TPSA) is 64.1 Å². The van der Waals surface area contributed by atoms with Crippen molar-refractivity contribution in [1.29, 1.82) is 0 Å². The fraction of sp³-hybridized carbons (Fsp3) is 0.483. The van der Waals surface area contributed by atoms with Gasteiger partial charge in [-0.1, -0.05) is 73.1 Å². The van der Waals surface area contributed by atoms with Crippen molar-refractivity contribution in [2.45, 2.75) is 91.1 Å². The maximum atomic E-state index is 13.3. The van der Waals surface area contributed by atoms with Crippen molar-refractivity contribution >= 4 is 22.4 Å². The van der Waals surface area contributed by atoms with Crippen LogP contribution in [0.4, 0.5) is 5.69 Å². The minimum atomic E-state index is -0.576. The molecule has 5 heteroatoms. The number of hydrogen-bond acceptors (Lipinski definition) is 4. The molecule has 0 bridgehead atoms. The molecule has 0 radical (unpaired) electrons. The van der Waals surface area contributed by atoms with E-state index in [0.717, 1.165) is 47.0 Å². The fourth-order valence-electron chi connectivity index (χ4n) is 3.93. The molecule has 1 heterocycles. The standard InChI is InChI=1S/C29H39N3O2/c1-8-11-26(27(33)32-23-14-12-20-18-30-31-19-21(20)16-23)34-25-15-13-22(28(4,5)9-2)17-24(25)29(6,7)10-3/h12-19,26H,8-11H2,1-7H3,(H,32,33). The molecule has 0 saturated heterocycles. The van der Waals surface area contributed by atoms with Crippen molar-refractivity contribution in [3.8, 4) is 5.75 Å². The maximum absolute atomic E-state index is 13.3. The highest BCUT2D eigenvalue weighted by molar-refractivity contribution is 5.96. The highest BCUT2D eigenvalue weighted by Crippen LogP contribution is 2.39. The van der Waals surface area contributed by atoms with Gasteiger partial charge in [0.15, 0.2) is 6.10 Å². The van der Waals surface area contributed by atoms with Crippen molar-refractivity contribution in [2.75, 3.05) is 5.32 Å². The molecule has 0 saturated carbocycles. The van der Waals surface area contributed by atoms with Crippen LogP contribution in [0.3, 0.4) is 0 Å². The third-order valence-electron chi connectivity index (χ3n) is 7.19. The number of amides is 1. The van der Waals surface area contributed by atoms with E-state index >= 15 is 0 Å². The zero-order valence-electron chi connectivity index (χ0n) is 21.7. The summed E-state index contributed by atoms with van der Waals surface area (Å²) in [7, 11) is 0. The molecular formula is C29H39N3O2. The number of nitrogens with zero attached hydrogens (tertiary/aromatic N) is 2. The van der Waals surface area contributed by atoms with Gasteiger partial charge < -0.3 is 10.1 Å². The first-order chi connectivity index (χ1) is 16.1. The van der Waals surface area contributed by atoms with Gasteiger partial charge in [0.1, 0.15) is 5.75 Å². The lowest BCUT2D eigenvalue weighted by Crippen LogP contribution is -2.34. The van der Waals surface area contributed by atoms with Crippen molar-refractivity contribution in [3.05, 3.63) is 59.9 Å². The Morgan fingerprint density at radius 1 is 0.912 bits per heavy atom. The molecule has 1 aromatic heterocycles. The molecule has 1 amide bonds. The second-order valence-electron chi connectivity index (χ2n) is 10.4. The Kier molecular flexibility index (Phi) is 7.96. The monoisotopic (exact) mass is 461 g/mol. The SMILES string of the molecule is CCCC(Oc1ccc(C(C)(C)CC)cc1C(C)(C)CC)C(=O)Nc1ccc2cnncc2c1. The van der Waals surface area contributed by atoms with E-state index < -0.39 is 6.10 Å². The van der Waals surface area contributed by atoms with Gasteiger partial charge >= 0.3 is 0 Å². The molecule has 0 aliphatic carbocycles. The number of anilines is 1. The van der Waals surface area contributed by atoms with Gasteiger partial charge in [0.25, 0.3) is 5.91 Å². The van der Waals surface area contributed by atoms with E-state index in [0.29, 0.717) is 6.42 Å². The van der Waals surface area contributed by atoms with Crippen LogP contribution < -0.4 is 10.1 Å². The summed E-state index contributed by atoms with van der Waals surface area (Å²) < 4.78 is 6.46. The lowest BCUT2D eigenvalue weighted by Gasteiger charge is -2.31. The number of rotatable bonds is 10. The number of nitrogens with one attached hydrogen (secondary N) is 1. The molecule has 0 spiro atoms. The Morgan fingerprint density at radius 2 is 1.59 bits per heavy atom. The van der Waals surface area contributed by atoms with Gasteiger partial charge in [0.05, 0.1) is 12.4 Å². The van der Waals surface area contributed by atoms with Crippen LogP contribution in [-0.2, 0) is 15.6 Å². The van der Waals surface area contributed by atoms with Gasteiger partial charge in [0.2, 0.25) is 0 Å². The summed E-state index contributed by atoms with van der Waals surface area (Å²) >= 11 is 0. The van der Waals surface area contributed by atoms with E-state index in [-0.39, 0.29) is 16.7 Å². The molecule has 1 unspecified atom stereocenters. The van der Waals surface area contributed by atoms with Crippen molar-refractivity contribution in [1.82, 2.24) is 10.2 Å². The van der Waals surface area contributed by atoms with Crippen LogP contribution >= 0.6 is 0 Å². The van der Waals surface area contributed by atoms with E-state index in [1.807, 2.05) is 18.2 Å². The molecule has 3 aromatic rings. The summed E-state index contributed by atoms with van der Waals surface area (Å²) in [4.78, 5) is 13.3. The molecule has 1 atom stereocenters. The van der Waals surface area contributed by atoms with Crippen LogP contribution in [0.2, 0.25) is 0 Å². The number of aromatic nitrogens is 2. The summed E-state index contributed by atoms with van der Waals surface area (Å²) in [5.74, 6) is 0.659. The Labute approximate surface area is 204 Å². The van der Waals surface area contributed by atoms with E-state index in [9.17, 15) is 4.79 Å². The van der Waals surface area contributed by atoms with E-state index in [4.69, 9.17) is 4.74 Å². The smallest absolute Gasteiger partial charge is 0.265 e. The number of benzene rings is 2. The second-order valence-corrected chi connectivity index (χ2v) is 10.4. The second kappa shape index (κ2) is 10.5. The minimum Gasteiger partial charge on any atom is -0.480 e. The summed E-state index contributed by atoms with van der Waals surface area (Å²) in [5.41, 5.74) is 3.20. The zero-order chi connectivity index (χ0) is 24.9. The predicted octanol–water partition coefficient (Wildman–Crippen LogP) is 7.19. The Bertz CT molecular complexity index is 1140. The van der Waals surface area contributed by atoms with Crippen molar-refractivity contribution in [2.24, 2.45) is 0 Å². The van der Waals surface area contributed by atoms with Crippen LogP contribution in [0.5, 0.6) is 5.75 Å². The van der Waals surface area contributed by atoms with Gasteiger partial charge in [0, 0.05) is 22.0 Å². The first-order valence-electron chi connectivity index (χ1n) is 12.4. The molecule has 0 aliphatic heterocycles. The van der Waals surface area contributed by atoms with E-state index in [1.54, 1.807) is 12.4 Å². The number of carbonyl (C=O) groups excluding carboxylic acids is 1. The Balaban J connectivity index is 1.90. The lowest BCUT2D eigenvalue weighted by molar-refractivity contribution is -0.123. The molecule has 2 aromatic carbocycles. The number of carbonyl (C=O) groups is 1. The van der Waals surface area contributed by atoms with Crippen LogP contribution in [0, 0.1) is 0 Å². The van der Waals surface area contributed by atoms with Gasteiger partial charge in [-0.3, -0.25) is 4.79 Å². The van der Waals surface area contributed by atoms with Gasteiger partial charge in [-0.25, -0.2) is 0 Å². The van der Waals surface area contributed by atoms with Gasteiger partial charge in [-0.15, -0.1) is 0 Å². The Hall–Kier alpha value is -2.95. The number of fused-ring (bicyclic) bond motifs is 1. The molecule has 3 rings (SSSR count). The normalized spacial score (nSPS) is 13.0. The highest BCUT2D eigenvalue weighted by Gasteiger charge is 2.29. The van der Waals surface area contributed by atoms with Crippen LogP contribution in [0.1, 0.15) is 85.3 Å². The zero-order valence-corrected chi connectivity index (χ0v) is 21.7. The molecule has 0 aliphatic rings. The third-order valence-corrected chi connectivity index (χ3v) is 7.19. The first kappa shape index (κ1) is 25.7. The van der Waals surface area contributed by atoms with Crippen molar-refractivity contribution < 1.29 is 9.53 Å². The minimum absolute atomic E-state index is 0.0677. The number of hydrogen-bond donors (Lipinski definition) is 1. The van der Waals surface area contributed by atoms with E-state index in [1.165, 1.54) is 5.56 Å². The quantitative estimate of drug-likeness (QED) is 0.347. The molecule has 1 N–H and O–H groups in total. The molecule has 34 heavy (non-hydrogen) atoms. The van der Waals surface area contributed by atoms with Crippen LogP contribution in [-0.4, -0.2) is 22.2 Å². The summed E-state index contributed by atoms with van der Waals surface area (Å²) in [6.45, 7) is 15.5.